The zero-order valence-electron chi connectivity index (χ0n) is 12.9. The number of aryl methyl sites for hydroxylation is 1. The molecule has 3 aromatic rings. The molecule has 0 spiro atoms. The van der Waals surface area contributed by atoms with Crippen molar-refractivity contribution in [2.24, 2.45) is 7.05 Å². The molecule has 1 saturated heterocycles. The average molecular weight is 329 g/mol. The molecule has 0 amide bonds. The number of nitrogens with zero attached hydrogens (tertiary/aromatic N) is 6. The number of rotatable bonds is 2. The van der Waals surface area contributed by atoms with Crippen LogP contribution in [0.15, 0.2) is 36.8 Å². The van der Waals surface area contributed by atoms with Crippen molar-refractivity contribution in [1.82, 2.24) is 19.7 Å². The molecule has 0 bridgehead atoms. The van der Waals surface area contributed by atoms with Gasteiger partial charge in [-0.3, -0.25) is 4.68 Å². The van der Waals surface area contributed by atoms with Gasteiger partial charge >= 0.3 is 0 Å². The summed E-state index contributed by atoms with van der Waals surface area (Å²) in [6.45, 7) is 3.74. The first kappa shape index (κ1) is 14.3. The summed E-state index contributed by atoms with van der Waals surface area (Å²) in [7, 11) is 1.90. The summed E-state index contributed by atoms with van der Waals surface area (Å²) in [5, 5.41) is 6.07. The maximum absolute atomic E-state index is 5.96. The zero-order chi connectivity index (χ0) is 15.8. The maximum Gasteiger partial charge on any atom is 0.163 e. The van der Waals surface area contributed by atoms with Crippen molar-refractivity contribution in [3.63, 3.8) is 0 Å². The summed E-state index contributed by atoms with van der Waals surface area (Å²) in [5.74, 6) is 0.971. The lowest BCUT2D eigenvalue weighted by Crippen LogP contribution is -2.46. The fourth-order valence-electron chi connectivity index (χ4n) is 3.03. The van der Waals surface area contributed by atoms with Crippen LogP contribution in [0.3, 0.4) is 0 Å². The molecular formula is C16H17ClN6. The maximum atomic E-state index is 5.96. The molecular weight excluding hydrogens is 312 g/mol. The predicted molar refractivity (Wildman–Crippen MR) is 92.2 cm³/mol. The van der Waals surface area contributed by atoms with Gasteiger partial charge in [0.25, 0.3) is 0 Å². The van der Waals surface area contributed by atoms with Crippen LogP contribution >= 0.6 is 11.6 Å². The van der Waals surface area contributed by atoms with Crippen molar-refractivity contribution >= 4 is 34.1 Å². The Morgan fingerprint density at radius 3 is 2.39 bits per heavy atom. The molecule has 118 valence electrons. The van der Waals surface area contributed by atoms with Gasteiger partial charge in [-0.25, -0.2) is 9.97 Å². The first-order valence-electron chi connectivity index (χ1n) is 7.60. The Bertz CT molecular complexity index is 820. The summed E-state index contributed by atoms with van der Waals surface area (Å²) in [5.41, 5.74) is 2.08. The van der Waals surface area contributed by atoms with Gasteiger partial charge < -0.3 is 9.80 Å². The van der Waals surface area contributed by atoms with Crippen molar-refractivity contribution in [1.29, 1.82) is 0 Å². The van der Waals surface area contributed by atoms with Gasteiger partial charge in [0, 0.05) is 43.9 Å². The lowest BCUT2D eigenvalue weighted by molar-refractivity contribution is 0.649. The third kappa shape index (κ3) is 2.59. The van der Waals surface area contributed by atoms with E-state index in [9.17, 15) is 0 Å². The Morgan fingerprint density at radius 1 is 0.957 bits per heavy atom. The monoisotopic (exact) mass is 328 g/mol. The van der Waals surface area contributed by atoms with Crippen molar-refractivity contribution in [2.75, 3.05) is 36.0 Å². The number of hydrogen-bond donors (Lipinski definition) is 0. The number of fused-ring (bicyclic) bond motifs is 1. The van der Waals surface area contributed by atoms with Crippen LogP contribution in [-0.2, 0) is 7.05 Å². The smallest absolute Gasteiger partial charge is 0.163 e. The molecule has 4 rings (SSSR count). The van der Waals surface area contributed by atoms with Gasteiger partial charge in [-0.15, -0.1) is 0 Å². The highest BCUT2D eigenvalue weighted by Crippen LogP contribution is 2.25. The Hall–Kier alpha value is -2.34. The van der Waals surface area contributed by atoms with Crippen molar-refractivity contribution < 1.29 is 0 Å². The van der Waals surface area contributed by atoms with E-state index in [0.29, 0.717) is 0 Å². The van der Waals surface area contributed by atoms with Crippen molar-refractivity contribution in [2.45, 2.75) is 0 Å². The van der Waals surface area contributed by atoms with Gasteiger partial charge in [0.1, 0.15) is 12.1 Å². The van der Waals surface area contributed by atoms with Crippen LogP contribution in [0.4, 0.5) is 11.5 Å². The highest BCUT2D eigenvalue weighted by molar-refractivity contribution is 6.30. The molecule has 1 aromatic carbocycles. The normalized spacial score (nSPS) is 15.4. The molecule has 7 heteroatoms. The van der Waals surface area contributed by atoms with E-state index >= 15 is 0 Å². The Kier molecular flexibility index (Phi) is 3.53. The molecule has 0 saturated carbocycles. The van der Waals surface area contributed by atoms with Gasteiger partial charge in [-0.1, -0.05) is 11.6 Å². The van der Waals surface area contributed by atoms with Crippen LogP contribution in [0.1, 0.15) is 0 Å². The fraction of sp³-hybridized carbons (Fsp3) is 0.312. The fourth-order valence-corrected chi connectivity index (χ4v) is 3.16. The first-order chi connectivity index (χ1) is 11.2. The number of anilines is 2. The van der Waals surface area contributed by atoms with Crippen LogP contribution < -0.4 is 9.80 Å². The second-order valence-electron chi connectivity index (χ2n) is 5.65. The second-order valence-corrected chi connectivity index (χ2v) is 6.09. The molecule has 0 unspecified atom stereocenters. The standard InChI is InChI=1S/C16H17ClN6/c1-21-15-14(10-20-21)16(19-11-18-15)23-8-6-22(7-9-23)13-4-2-12(17)3-5-13/h2-5,10-11H,6-9H2,1H3. The topological polar surface area (TPSA) is 50.1 Å². The summed E-state index contributed by atoms with van der Waals surface area (Å²) in [6.07, 6.45) is 3.46. The van der Waals surface area contributed by atoms with Gasteiger partial charge in [-0.05, 0) is 24.3 Å². The molecule has 0 N–H and O–H groups in total. The highest BCUT2D eigenvalue weighted by atomic mass is 35.5. The summed E-state index contributed by atoms with van der Waals surface area (Å²) in [4.78, 5) is 13.5. The number of halogens is 1. The molecule has 1 aliphatic heterocycles. The number of piperazine rings is 1. The summed E-state index contributed by atoms with van der Waals surface area (Å²) >= 11 is 5.96. The lowest BCUT2D eigenvalue weighted by atomic mass is 10.2. The van der Waals surface area contributed by atoms with E-state index in [1.807, 2.05) is 25.4 Å². The quantitative estimate of drug-likeness (QED) is 0.722. The van der Waals surface area contributed by atoms with Gasteiger partial charge in [0.15, 0.2) is 5.65 Å². The minimum absolute atomic E-state index is 0.771. The molecule has 3 heterocycles. The van der Waals surface area contributed by atoms with E-state index in [1.165, 1.54) is 5.69 Å². The molecule has 6 nitrogen and oxygen atoms in total. The molecule has 0 atom stereocenters. The minimum atomic E-state index is 0.771. The van der Waals surface area contributed by atoms with E-state index in [-0.39, 0.29) is 0 Å². The van der Waals surface area contributed by atoms with Crippen LogP contribution in [-0.4, -0.2) is 45.9 Å². The van der Waals surface area contributed by atoms with E-state index in [4.69, 9.17) is 11.6 Å². The lowest BCUT2D eigenvalue weighted by Gasteiger charge is -2.36. The van der Waals surface area contributed by atoms with Crippen molar-refractivity contribution in [3.05, 3.63) is 41.8 Å². The third-order valence-electron chi connectivity index (χ3n) is 4.28. The zero-order valence-corrected chi connectivity index (χ0v) is 13.6. The Morgan fingerprint density at radius 2 is 1.65 bits per heavy atom. The first-order valence-corrected chi connectivity index (χ1v) is 7.98. The van der Waals surface area contributed by atoms with Crippen LogP contribution in [0.2, 0.25) is 5.02 Å². The van der Waals surface area contributed by atoms with Gasteiger partial charge in [0.2, 0.25) is 0 Å². The van der Waals surface area contributed by atoms with E-state index in [0.717, 1.165) is 48.1 Å². The molecule has 0 radical (unpaired) electrons. The molecule has 23 heavy (non-hydrogen) atoms. The van der Waals surface area contributed by atoms with Crippen molar-refractivity contribution in [3.8, 4) is 0 Å². The summed E-state index contributed by atoms with van der Waals surface area (Å²) < 4.78 is 1.78. The van der Waals surface area contributed by atoms with Crippen LogP contribution in [0.25, 0.3) is 11.0 Å². The number of hydrogen-bond acceptors (Lipinski definition) is 5. The molecule has 2 aromatic heterocycles. The van der Waals surface area contributed by atoms with Gasteiger partial charge in [0.05, 0.1) is 11.6 Å². The summed E-state index contributed by atoms with van der Waals surface area (Å²) in [6, 6.07) is 8.02. The minimum Gasteiger partial charge on any atom is -0.368 e. The van der Waals surface area contributed by atoms with E-state index < -0.39 is 0 Å². The molecule has 1 fully saturated rings. The molecule has 1 aliphatic rings. The van der Waals surface area contributed by atoms with Crippen LogP contribution in [0.5, 0.6) is 0 Å². The Balaban J connectivity index is 1.54. The third-order valence-corrected chi connectivity index (χ3v) is 4.53. The van der Waals surface area contributed by atoms with Crippen LogP contribution in [0, 0.1) is 0 Å². The Labute approximate surface area is 139 Å². The molecule has 0 aliphatic carbocycles. The second kappa shape index (κ2) is 5.70. The highest BCUT2D eigenvalue weighted by Gasteiger charge is 2.21. The number of benzene rings is 1. The van der Waals surface area contributed by atoms with E-state index in [2.05, 4.69) is 37.0 Å². The predicted octanol–water partition coefficient (Wildman–Crippen LogP) is 2.34. The largest absolute Gasteiger partial charge is 0.368 e. The van der Waals surface area contributed by atoms with Gasteiger partial charge in [-0.2, -0.15) is 5.10 Å². The average Bonchev–Trinajstić information content (AvgIpc) is 2.97. The number of aromatic nitrogens is 4. The SMILES string of the molecule is Cn1ncc2c(N3CCN(c4ccc(Cl)cc4)CC3)ncnc21. The van der Waals surface area contributed by atoms with E-state index in [1.54, 1.807) is 11.0 Å².